The van der Waals surface area contributed by atoms with Crippen LogP contribution in [0.1, 0.15) is 24.0 Å². The molecule has 1 unspecified atom stereocenters. The Morgan fingerprint density at radius 2 is 2.15 bits per heavy atom. The summed E-state index contributed by atoms with van der Waals surface area (Å²) in [4.78, 5) is 19.8. The molecule has 2 aromatic rings. The van der Waals surface area contributed by atoms with Gasteiger partial charge < -0.3 is 15.0 Å². The van der Waals surface area contributed by atoms with Crippen molar-refractivity contribution in [3.05, 3.63) is 58.0 Å². The molecule has 1 aromatic heterocycles. The van der Waals surface area contributed by atoms with Crippen molar-refractivity contribution in [2.75, 3.05) is 0 Å². The minimum atomic E-state index is -0.520. The number of imidazole rings is 1. The third-order valence-corrected chi connectivity index (χ3v) is 3.20. The monoisotopic (exact) mass is 272 g/mol. The second-order valence-electron chi connectivity index (χ2n) is 4.46. The van der Waals surface area contributed by atoms with Crippen molar-refractivity contribution >= 4 is 11.5 Å². The first-order chi connectivity index (χ1) is 9.66. The van der Waals surface area contributed by atoms with E-state index in [0.29, 0.717) is 12.2 Å². The zero-order chi connectivity index (χ0) is 14.1. The Morgan fingerprint density at radius 1 is 1.40 bits per heavy atom. The number of nitro groups is 1. The van der Waals surface area contributed by atoms with Gasteiger partial charge in [-0.1, -0.05) is 35.5 Å². The maximum atomic E-state index is 11.0. The Hall–Kier alpha value is -2.70. The largest absolute Gasteiger partial charge is 0.358 e. The molecule has 7 nitrogen and oxygen atoms in total. The van der Waals surface area contributed by atoms with Crippen LogP contribution >= 0.6 is 0 Å². The predicted octanol–water partition coefficient (Wildman–Crippen LogP) is 2.42. The van der Waals surface area contributed by atoms with Gasteiger partial charge in [-0.05, 0) is 10.5 Å². The molecular weight excluding hydrogens is 260 g/mol. The normalized spacial score (nSPS) is 17.6. The van der Waals surface area contributed by atoms with E-state index in [1.54, 1.807) is 6.92 Å². The highest BCUT2D eigenvalue weighted by atomic mass is 16.7. The van der Waals surface area contributed by atoms with E-state index in [9.17, 15) is 10.1 Å². The van der Waals surface area contributed by atoms with E-state index in [2.05, 4.69) is 10.1 Å². The van der Waals surface area contributed by atoms with Crippen LogP contribution in [0.4, 0.5) is 5.82 Å². The maximum absolute atomic E-state index is 11.0. The smallest absolute Gasteiger partial charge is 0.345 e. The minimum absolute atomic E-state index is 0.0861. The lowest BCUT2D eigenvalue weighted by Gasteiger charge is -2.08. The average Bonchev–Trinajstić information content (AvgIpc) is 3.06. The molecule has 0 bridgehead atoms. The van der Waals surface area contributed by atoms with Crippen LogP contribution in [0, 0.1) is 17.0 Å². The topological polar surface area (TPSA) is 82.5 Å². The Bertz CT molecular complexity index is 678. The van der Waals surface area contributed by atoms with E-state index in [0.717, 1.165) is 11.3 Å². The molecule has 1 atom stereocenters. The van der Waals surface area contributed by atoms with Crippen LogP contribution in [-0.2, 0) is 4.84 Å². The van der Waals surface area contributed by atoms with Crippen molar-refractivity contribution in [2.45, 2.75) is 19.6 Å². The van der Waals surface area contributed by atoms with Crippen LogP contribution in [0.15, 0.2) is 41.7 Å². The van der Waals surface area contributed by atoms with Crippen LogP contribution in [-0.4, -0.2) is 20.2 Å². The van der Waals surface area contributed by atoms with Crippen LogP contribution in [0.3, 0.4) is 0 Å². The van der Waals surface area contributed by atoms with Gasteiger partial charge in [0.2, 0.25) is 0 Å². The summed E-state index contributed by atoms with van der Waals surface area (Å²) >= 11 is 0. The molecule has 0 fully saturated rings. The molecule has 0 amide bonds. The molecule has 102 valence electrons. The van der Waals surface area contributed by atoms with E-state index in [-0.39, 0.29) is 5.82 Å². The maximum Gasteiger partial charge on any atom is 0.345 e. The van der Waals surface area contributed by atoms with Crippen LogP contribution in [0.5, 0.6) is 0 Å². The number of nitrogens with zero attached hydrogens (tertiary/aromatic N) is 4. The van der Waals surface area contributed by atoms with Crippen molar-refractivity contribution < 1.29 is 9.76 Å². The van der Waals surface area contributed by atoms with Crippen molar-refractivity contribution in [1.29, 1.82) is 0 Å². The number of benzene rings is 1. The van der Waals surface area contributed by atoms with Crippen molar-refractivity contribution in [3.8, 4) is 0 Å². The van der Waals surface area contributed by atoms with Gasteiger partial charge in [0.05, 0.1) is 12.1 Å². The number of hydrogen-bond acceptors (Lipinski definition) is 5. The molecule has 7 heteroatoms. The van der Waals surface area contributed by atoms with Gasteiger partial charge in [-0.15, -0.1) is 0 Å². The first-order valence-electron chi connectivity index (χ1n) is 6.13. The molecule has 0 aliphatic carbocycles. The lowest BCUT2D eigenvalue weighted by Crippen LogP contribution is -2.13. The number of hydrogen-bond donors (Lipinski definition) is 0. The molecular formula is C13H12N4O3. The van der Waals surface area contributed by atoms with Gasteiger partial charge in [0.1, 0.15) is 6.20 Å². The quantitative estimate of drug-likeness (QED) is 0.634. The van der Waals surface area contributed by atoms with Gasteiger partial charge in [-0.2, -0.15) is 4.57 Å². The van der Waals surface area contributed by atoms with Gasteiger partial charge in [-0.25, -0.2) is 4.98 Å². The van der Waals surface area contributed by atoms with E-state index in [1.165, 1.54) is 10.8 Å². The lowest BCUT2D eigenvalue weighted by molar-refractivity contribution is -0.393. The summed E-state index contributed by atoms with van der Waals surface area (Å²) in [7, 11) is 0. The van der Waals surface area contributed by atoms with Gasteiger partial charge in [-0.3, -0.25) is 0 Å². The molecule has 0 radical (unpaired) electrons. The summed E-state index contributed by atoms with van der Waals surface area (Å²) in [5, 5.41) is 15.0. The Kier molecular flexibility index (Phi) is 2.94. The fourth-order valence-electron chi connectivity index (χ4n) is 2.24. The van der Waals surface area contributed by atoms with E-state index >= 15 is 0 Å². The van der Waals surface area contributed by atoms with Crippen molar-refractivity contribution in [2.24, 2.45) is 5.16 Å². The average molecular weight is 272 g/mol. The number of aryl methyl sites for hydroxylation is 1. The van der Waals surface area contributed by atoms with E-state index in [4.69, 9.17) is 4.84 Å². The first-order valence-corrected chi connectivity index (χ1v) is 6.13. The summed E-state index contributed by atoms with van der Waals surface area (Å²) in [5.41, 5.74) is 1.73. The first kappa shape index (κ1) is 12.3. The number of aromatic nitrogens is 2. The third kappa shape index (κ3) is 2.03. The van der Waals surface area contributed by atoms with Gasteiger partial charge in [0, 0.05) is 6.92 Å². The van der Waals surface area contributed by atoms with Crippen LogP contribution in [0.25, 0.3) is 0 Å². The summed E-state index contributed by atoms with van der Waals surface area (Å²) in [6, 6.07) is 9.61. The molecule has 3 rings (SSSR count). The molecule has 1 aromatic carbocycles. The zero-order valence-corrected chi connectivity index (χ0v) is 10.8. The lowest BCUT2D eigenvalue weighted by atomic mass is 10.1. The fourth-order valence-corrected chi connectivity index (χ4v) is 2.24. The van der Waals surface area contributed by atoms with Gasteiger partial charge in [0.25, 0.3) is 6.23 Å². The summed E-state index contributed by atoms with van der Waals surface area (Å²) in [6.07, 6.45) is 1.19. The van der Waals surface area contributed by atoms with Crippen molar-refractivity contribution in [1.82, 2.24) is 9.55 Å². The van der Waals surface area contributed by atoms with E-state index < -0.39 is 11.2 Å². The highest BCUT2D eigenvalue weighted by Gasteiger charge is 2.33. The Labute approximate surface area is 114 Å². The molecule has 0 spiro atoms. The molecule has 20 heavy (non-hydrogen) atoms. The SMILES string of the molecule is Cc1ncc([N+](=O)[O-])n1C1CC(c2ccccc2)=NO1. The summed E-state index contributed by atoms with van der Waals surface area (Å²) < 4.78 is 1.46. The number of rotatable bonds is 3. The van der Waals surface area contributed by atoms with Gasteiger partial charge >= 0.3 is 5.82 Å². The zero-order valence-electron chi connectivity index (χ0n) is 10.8. The summed E-state index contributed by atoms with van der Waals surface area (Å²) in [5.74, 6) is 0.447. The predicted molar refractivity (Wildman–Crippen MR) is 71.3 cm³/mol. The highest BCUT2D eigenvalue weighted by molar-refractivity contribution is 6.01. The highest BCUT2D eigenvalue weighted by Crippen LogP contribution is 2.29. The molecule has 0 saturated carbocycles. The Morgan fingerprint density at radius 3 is 2.85 bits per heavy atom. The third-order valence-electron chi connectivity index (χ3n) is 3.20. The molecule has 0 N–H and O–H groups in total. The molecule has 2 heterocycles. The van der Waals surface area contributed by atoms with Crippen LogP contribution < -0.4 is 0 Å². The second-order valence-corrected chi connectivity index (χ2v) is 4.46. The number of oxime groups is 1. The fraction of sp³-hybridized carbons (Fsp3) is 0.231. The molecule has 1 aliphatic rings. The molecule has 0 saturated heterocycles. The molecule has 1 aliphatic heterocycles. The van der Waals surface area contributed by atoms with Crippen molar-refractivity contribution in [3.63, 3.8) is 0 Å². The summed E-state index contributed by atoms with van der Waals surface area (Å²) in [6.45, 7) is 1.71. The Balaban J connectivity index is 1.87. The van der Waals surface area contributed by atoms with Gasteiger partial charge in [0.15, 0.2) is 5.82 Å². The van der Waals surface area contributed by atoms with E-state index in [1.807, 2.05) is 30.3 Å². The standard InChI is InChI=1S/C13H12N4O3/c1-9-14-8-12(17(18)19)16(9)13-7-11(15-20-13)10-5-3-2-4-6-10/h2-6,8,13H,7H2,1H3. The van der Waals surface area contributed by atoms with Crippen LogP contribution in [0.2, 0.25) is 0 Å². The minimum Gasteiger partial charge on any atom is -0.358 e. The second kappa shape index (κ2) is 4.76.